The minimum absolute atomic E-state index is 0.319. The molecule has 1 amide bonds. The molecule has 0 spiro atoms. The van der Waals surface area contributed by atoms with Crippen LogP contribution in [-0.2, 0) is 4.79 Å². The van der Waals surface area contributed by atoms with Crippen molar-refractivity contribution in [3.8, 4) is 5.69 Å². The number of piperazine rings is 1. The molecular formula is C21H27ClN4O. The van der Waals surface area contributed by atoms with Crippen molar-refractivity contribution >= 4 is 23.5 Å². The quantitative estimate of drug-likeness (QED) is 0.775. The fourth-order valence-corrected chi connectivity index (χ4v) is 4.48. The van der Waals surface area contributed by atoms with Gasteiger partial charge in [0.15, 0.2) is 0 Å². The highest BCUT2D eigenvalue weighted by Crippen LogP contribution is 2.29. The van der Waals surface area contributed by atoms with E-state index in [1.165, 1.54) is 25.7 Å². The first-order valence-corrected chi connectivity index (χ1v) is 10.4. The molecule has 1 aliphatic heterocycles. The van der Waals surface area contributed by atoms with E-state index in [2.05, 4.69) is 14.5 Å². The number of imidazole rings is 1. The molecule has 2 heterocycles. The van der Waals surface area contributed by atoms with Crippen LogP contribution in [0.4, 0.5) is 5.95 Å². The van der Waals surface area contributed by atoms with Gasteiger partial charge >= 0.3 is 0 Å². The van der Waals surface area contributed by atoms with E-state index < -0.39 is 0 Å². The van der Waals surface area contributed by atoms with Crippen molar-refractivity contribution in [3.63, 3.8) is 0 Å². The Morgan fingerprint density at radius 1 is 1.15 bits per heavy atom. The normalized spacial score (nSPS) is 18.3. The highest BCUT2D eigenvalue weighted by atomic mass is 35.5. The van der Waals surface area contributed by atoms with Gasteiger partial charge < -0.3 is 9.80 Å². The fraction of sp³-hybridized carbons (Fsp3) is 0.524. The number of anilines is 1. The summed E-state index contributed by atoms with van der Waals surface area (Å²) in [6.45, 7) is 3.16. The number of benzene rings is 1. The van der Waals surface area contributed by atoms with E-state index in [0.717, 1.165) is 50.2 Å². The van der Waals surface area contributed by atoms with Crippen LogP contribution >= 0.6 is 11.6 Å². The van der Waals surface area contributed by atoms with Crippen molar-refractivity contribution in [1.29, 1.82) is 0 Å². The standard InChI is InChI=1S/C21H27ClN4O/c22-18-6-3-7-19(16-18)26-11-10-23-21(26)25-14-12-24(13-15-25)20(27)9-8-17-4-1-2-5-17/h3,6-7,10-11,16-17H,1-2,4-5,8-9,12-15H2. The molecule has 1 aliphatic carbocycles. The van der Waals surface area contributed by atoms with E-state index in [1.54, 1.807) is 0 Å². The topological polar surface area (TPSA) is 41.4 Å². The highest BCUT2D eigenvalue weighted by Gasteiger charge is 2.25. The molecule has 4 rings (SSSR count). The number of hydrogen-bond donors (Lipinski definition) is 0. The van der Waals surface area contributed by atoms with Gasteiger partial charge in [-0.1, -0.05) is 43.4 Å². The number of carbonyl (C=O) groups excluding carboxylic acids is 1. The SMILES string of the molecule is O=C(CCC1CCCC1)N1CCN(c2nccn2-c2cccc(Cl)c2)CC1. The molecule has 1 aromatic heterocycles. The third-order valence-corrected chi connectivity index (χ3v) is 6.10. The monoisotopic (exact) mass is 386 g/mol. The maximum Gasteiger partial charge on any atom is 0.222 e. The highest BCUT2D eigenvalue weighted by molar-refractivity contribution is 6.30. The summed E-state index contributed by atoms with van der Waals surface area (Å²) in [6, 6.07) is 7.79. The number of carbonyl (C=O) groups is 1. The van der Waals surface area contributed by atoms with Crippen LogP contribution in [0.25, 0.3) is 5.69 Å². The maximum atomic E-state index is 12.5. The van der Waals surface area contributed by atoms with Crippen LogP contribution in [0, 0.1) is 5.92 Å². The summed E-state index contributed by atoms with van der Waals surface area (Å²) in [7, 11) is 0. The summed E-state index contributed by atoms with van der Waals surface area (Å²) >= 11 is 6.14. The van der Waals surface area contributed by atoms with Crippen molar-refractivity contribution in [2.24, 2.45) is 5.92 Å². The lowest BCUT2D eigenvalue weighted by Gasteiger charge is -2.35. The molecule has 1 saturated heterocycles. The van der Waals surface area contributed by atoms with E-state index >= 15 is 0 Å². The predicted molar refractivity (Wildman–Crippen MR) is 109 cm³/mol. The zero-order valence-corrected chi connectivity index (χ0v) is 16.4. The number of aromatic nitrogens is 2. The molecule has 0 bridgehead atoms. The number of rotatable bonds is 5. The Hall–Kier alpha value is -2.01. The fourth-order valence-electron chi connectivity index (χ4n) is 4.30. The molecule has 2 fully saturated rings. The third kappa shape index (κ3) is 4.29. The van der Waals surface area contributed by atoms with Gasteiger partial charge in [-0.05, 0) is 30.5 Å². The second-order valence-corrected chi connectivity index (χ2v) is 8.07. The average Bonchev–Trinajstić information content (AvgIpc) is 3.38. The number of hydrogen-bond acceptors (Lipinski definition) is 3. The van der Waals surface area contributed by atoms with Gasteiger partial charge in [0.1, 0.15) is 0 Å². The molecule has 0 unspecified atom stereocenters. The third-order valence-electron chi connectivity index (χ3n) is 5.86. The molecule has 144 valence electrons. The molecule has 6 heteroatoms. The molecule has 2 aliphatic rings. The Balaban J connectivity index is 1.34. The smallest absolute Gasteiger partial charge is 0.222 e. The summed E-state index contributed by atoms with van der Waals surface area (Å²) < 4.78 is 2.06. The van der Waals surface area contributed by atoms with Crippen molar-refractivity contribution < 1.29 is 4.79 Å². The van der Waals surface area contributed by atoms with Crippen LogP contribution in [0.1, 0.15) is 38.5 Å². The van der Waals surface area contributed by atoms with Gasteiger partial charge in [0.05, 0.1) is 0 Å². The van der Waals surface area contributed by atoms with Crippen LogP contribution in [0.3, 0.4) is 0 Å². The van der Waals surface area contributed by atoms with Gasteiger partial charge in [0, 0.05) is 55.7 Å². The molecule has 0 radical (unpaired) electrons. The zero-order valence-electron chi connectivity index (χ0n) is 15.7. The number of amides is 1. The summed E-state index contributed by atoms with van der Waals surface area (Å²) in [5, 5.41) is 0.713. The Morgan fingerprint density at radius 2 is 1.93 bits per heavy atom. The van der Waals surface area contributed by atoms with E-state index in [4.69, 9.17) is 11.6 Å². The van der Waals surface area contributed by atoms with Crippen LogP contribution in [0.15, 0.2) is 36.7 Å². The van der Waals surface area contributed by atoms with Gasteiger partial charge in [0.2, 0.25) is 11.9 Å². The lowest BCUT2D eigenvalue weighted by molar-refractivity contribution is -0.131. The molecule has 5 nitrogen and oxygen atoms in total. The molecule has 27 heavy (non-hydrogen) atoms. The van der Waals surface area contributed by atoms with Crippen LogP contribution in [-0.4, -0.2) is 46.5 Å². The maximum absolute atomic E-state index is 12.5. The Kier molecular flexibility index (Phi) is 5.67. The van der Waals surface area contributed by atoms with E-state index in [0.29, 0.717) is 17.4 Å². The second-order valence-electron chi connectivity index (χ2n) is 7.63. The summed E-state index contributed by atoms with van der Waals surface area (Å²) in [5.41, 5.74) is 1.00. The first kappa shape index (κ1) is 18.4. The molecule has 0 atom stereocenters. The van der Waals surface area contributed by atoms with Crippen molar-refractivity contribution in [1.82, 2.24) is 14.5 Å². The van der Waals surface area contributed by atoms with E-state index in [9.17, 15) is 4.79 Å². The lowest BCUT2D eigenvalue weighted by Crippen LogP contribution is -2.49. The first-order chi connectivity index (χ1) is 13.2. The van der Waals surface area contributed by atoms with Crippen LogP contribution < -0.4 is 4.90 Å². The summed E-state index contributed by atoms with van der Waals surface area (Å²) in [6.07, 6.45) is 10.9. The Morgan fingerprint density at radius 3 is 2.67 bits per heavy atom. The van der Waals surface area contributed by atoms with Gasteiger partial charge in [-0.2, -0.15) is 0 Å². The zero-order chi connectivity index (χ0) is 18.6. The Bertz CT molecular complexity index is 776. The van der Waals surface area contributed by atoms with Gasteiger partial charge in [-0.25, -0.2) is 4.98 Å². The summed E-state index contributed by atoms with van der Waals surface area (Å²) in [5.74, 6) is 2.01. The van der Waals surface area contributed by atoms with Gasteiger partial charge in [-0.3, -0.25) is 9.36 Å². The van der Waals surface area contributed by atoms with Gasteiger partial charge in [0.25, 0.3) is 0 Å². The van der Waals surface area contributed by atoms with Crippen molar-refractivity contribution in [2.45, 2.75) is 38.5 Å². The molecule has 1 aromatic carbocycles. The molecule has 1 saturated carbocycles. The molecule has 2 aromatic rings. The number of halogens is 1. The Labute approximate surface area is 165 Å². The van der Waals surface area contributed by atoms with Crippen molar-refractivity contribution in [2.75, 3.05) is 31.1 Å². The first-order valence-electron chi connectivity index (χ1n) is 10.0. The average molecular weight is 387 g/mol. The van der Waals surface area contributed by atoms with E-state index in [-0.39, 0.29) is 0 Å². The lowest BCUT2D eigenvalue weighted by atomic mass is 10.0. The van der Waals surface area contributed by atoms with E-state index in [1.807, 2.05) is 41.6 Å². The summed E-state index contributed by atoms with van der Waals surface area (Å²) in [4.78, 5) is 21.4. The minimum Gasteiger partial charge on any atom is -0.339 e. The van der Waals surface area contributed by atoms with Crippen molar-refractivity contribution in [3.05, 3.63) is 41.7 Å². The van der Waals surface area contributed by atoms with Gasteiger partial charge in [-0.15, -0.1) is 0 Å². The second kappa shape index (κ2) is 8.34. The minimum atomic E-state index is 0.319. The number of nitrogens with zero attached hydrogens (tertiary/aromatic N) is 4. The molecular weight excluding hydrogens is 360 g/mol. The largest absolute Gasteiger partial charge is 0.339 e. The van der Waals surface area contributed by atoms with Crippen LogP contribution in [0.5, 0.6) is 0 Å². The molecule has 0 N–H and O–H groups in total. The predicted octanol–water partition coefficient (Wildman–Crippen LogP) is 4.14. The van der Waals surface area contributed by atoms with Crippen LogP contribution in [0.2, 0.25) is 5.02 Å².